The van der Waals surface area contributed by atoms with Crippen LogP contribution in [-0.4, -0.2) is 32.6 Å². The number of hydrogen-bond donors (Lipinski definition) is 1. The highest BCUT2D eigenvalue weighted by Gasteiger charge is 2.24. The zero-order valence-electron chi connectivity index (χ0n) is 18.5. The lowest BCUT2D eigenvalue weighted by Crippen LogP contribution is -2.36. The second kappa shape index (κ2) is 10.3. The summed E-state index contributed by atoms with van der Waals surface area (Å²) in [4.78, 5) is 13.1. The average molecular weight is 425 g/mol. The van der Waals surface area contributed by atoms with Gasteiger partial charge < -0.3 is 19.7 Å². The van der Waals surface area contributed by atoms with E-state index in [0.29, 0.717) is 30.9 Å². The maximum absolute atomic E-state index is 14.3. The van der Waals surface area contributed by atoms with Crippen molar-refractivity contribution in [1.82, 2.24) is 0 Å². The largest absolute Gasteiger partial charge is 0.381 e. The quantitative estimate of drug-likeness (QED) is 0.602. The third-order valence-electron chi connectivity index (χ3n) is 6.70. The second-order valence-corrected chi connectivity index (χ2v) is 8.83. The summed E-state index contributed by atoms with van der Waals surface area (Å²) in [6.45, 7) is 6.90. The molecule has 2 aliphatic heterocycles. The Labute approximate surface area is 184 Å². The first-order valence-corrected chi connectivity index (χ1v) is 11.6. The number of fused-ring (bicyclic) bond motifs is 1. The number of aldehydes is 1. The molecule has 4 nitrogen and oxygen atoms in total. The molecule has 1 fully saturated rings. The molecule has 2 aromatic rings. The number of aryl methyl sites for hydroxylation is 2. The Morgan fingerprint density at radius 2 is 2.00 bits per heavy atom. The first kappa shape index (κ1) is 21.8. The van der Waals surface area contributed by atoms with Crippen LogP contribution in [0.3, 0.4) is 0 Å². The number of ether oxygens (including phenoxy) is 1. The molecule has 0 atom stereocenters. The fourth-order valence-electron chi connectivity index (χ4n) is 4.90. The normalized spacial score (nSPS) is 16.8. The zero-order chi connectivity index (χ0) is 21.6. The van der Waals surface area contributed by atoms with Gasteiger partial charge in [0.1, 0.15) is 12.1 Å². The third-order valence-corrected chi connectivity index (χ3v) is 6.70. The zero-order valence-corrected chi connectivity index (χ0v) is 18.5. The monoisotopic (exact) mass is 424 g/mol. The minimum atomic E-state index is -0.253. The van der Waals surface area contributed by atoms with E-state index in [0.717, 1.165) is 57.5 Å². The molecule has 0 aromatic heterocycles. The lowest BCUT2D eigenvalue weighted by molar-refractivity contribution is -0.107. The van der Waals surface area contributed by atoms with E-state index in [4.69, 9.17) is 4.74 Å². The number of benzene rings is 2. The van der Waals surface area contributed by atoms with E-state index in [1.54, 1.807) is 6.07 Å². The number of halogens is 1. The molecule has 2 aliphatic rings. The van der Waals surface area contributed by atoms with E-state index in [1.165, 1.54) is 34.9 Å². The van der Waals surface area contributed by atoms with Crippen LogP contribution in [0.25, 0.3) is 0 Å². The van der Waals surface area contributed by atoms with E-state index in [1.807, 2.05) is 6.07 Å². The Kier molecular flexibility index (Phi) is 7.23. The Balaban J connectivity index is 1.46. The van der Waals surface area contributed by atoms with Gasteiger partial charge in [-0.2, -0.15) is 0 Å². The average Bonchev–Trinajstić information content (AvgIpc) is 2.79. The highest BCUT2D eigenvalue weighted by atomic mass is 19.1. The first-order valence-electron chi connectivity index (χ1n) is 11.6. The summed E-state index contributed by atoms with van der Waals surface area (Å²) in [5, 5.41) is 3.38. The van der Waals surface area contributed by atoms with Crippen LogP contribution in [0.15, 0.2) is 30.3 Å². The summed E-state index contributed by atoms with van der Waals surface area (Å²) in [5.41, 5.74) is 6.80. The van der Waals surface area contributed by atoms with Crippen LogP contribution in [0.5, 0.6) is 0 Å². The summed E-state index contributed by atoms with van der Waals surface area (Å²) in [7, 11) is 0. The number of anilines is 2. The molecule has 5 heteroatoms. The van der Waals surface area contributed by atoms with Crippen molar-refractivity contribution in [2.75, 3.05) is 36.5 Å². The molecule has 4 rings (SSSR count). The van der Waals surface area contributed by atoms with Crippen LogP contribution in [0.2, 0.25) is 0 Å². The molecule has 1 saturated heterocycles. The van der Waals surface area contributed by atoms with E-state index in [-0.39, 0.29) is 5.82 Å². The molecule has 166 valence electrons. The van der Waals surface area contributed by atoms with Crippen molar-refractivity contribution >= 4 is 17.7 Å². The fraction of sp³-hybridized carbons (Fsp3) is 0.500. The van der Waals surface area contributed by atoms with Crippen molar-refractivity contribution in [3.8, 4) is 0 Å². The molecule has 0 saturated carbocycles. The molecule has 0 radical (unpaired) electrons. The van der Waals surface area contributed by atoms with Crippen molar-refractivity contribution in [2.45, 2.75) is 52.0 Å². The highest BCUT2D eigenvalue weighted by molar-refractivity contribution is 5.64. The third kappa shape index (κ3) is 5.27. The van der Waals surface area contributed by atoms with Gasteiger partial charge in [-0.05, 0) is 79.3 Å². The van der Waals surface area contributed by atoms with Gasteiger partial charge in [-0.25, -0.2) is 4.39 Å². The van der Waals surface area contributed by atoms with Crippen molar-refractivity contribution < 1.29 is 13.9 Å². The summed E-state index contributed by atoms with van der Waals surface area (Å²) >= 11 is 0. The van der Waals surface area contributed by atoms with Gasteiger partial charge in [0.05, 0.1) is 0 Å². The first-order chi connectivity index (χ1) is 15.2. The molecular weight excluding hydrogens is 391 g/mol. The van der Waals surface area contributed by atoms with Gasteiger partial charge in [0, 0.05) is 50.6 Å². The number of nitrogens with zero attached hydrogens (tertiary/aromatic N) is 1. The van der Waals surface area contributed by atoms with E-state index < -0.39 is 0 Å². The smallest absolute Gasteiger partial charge is 0.128 e. The topological polar surface area (TPSA) is 41.6 Å². The molecular formula is C26H33FN2O2. The second-order valence-electron chi connectivity index (χ2n) is 8.83. The van der Waals surface area contributed by atoms with Crippen molar-refractivity contribution in [2.24, 2.45) is 5.92 Å². The summed E-state index contributed by atoms with van der Waals surface area (Å²) in [5.74, 6) is 0.457. The van der Waals surface area contributed by atoms with E-state index in [9.17, 15) is 9.18 Å². The van der Waals surface area contributed by atoms with Crippen LogP contribution in [0.4, 0.5) is 15.8 Å². The van der Waals surface area contributed by atoms with Crippen molar-refractivity contribution in [1.29, 1.82) is 0 Å². The maximum Gasteiger partial charge on any atom is 0.128 e. The molecule has 0 aliphatic carbocycles. The lowest BCUT2D eigenvalue weighted by Gasteiger charge is -2.37. The Bertz CT molecular complexity index is 909. The number of carbonyl (C=O) groups is 1. The number of rotatable bonds is 8. The molecule has 1 N–H and O–H groups in total. The Morgan fingerprint density at radius 3 is 2.77 bits per heavy atom. The van der Waals surface area contributed by atoms with Crippen LogP contribution >= 0.6 is 0 Å². The fourth-order valence-corrected chi connectivity index (χ4v) is 4.90. The summed E-state index contributed by atoms with van der Waals surface area (Å²) in [6, 6.07) is 9.70. The predicted octanol–water partition coefficient (Wildman–Crippen LogP) is 5.06. The van der Waals surface area contributed by atoms with Crippen LogP contribution in [0.1, 0.15) is 47.9 Å². The summed E-state index contributed by atoms with van der Waals surface area (Å²) < 4.78 is 19.8. The SMILES string of the molecule is Cc1c(CNc2ccc(CCC=O)c(F)c2)ccc2c1N(CC1CCOCC1)CCC2. The van der Waals surface area contributed by atoms with Gasteiger partial charge in [0.2, 0.25) is 0 Å². The van der Waals surface area contributed by atoms with Gasteiger partial charge in [-0.3, -0.25) is 0 Å². The van der Waals surface area contributed by atoms with E-state index >= 15 is 0 Å². The molecule has 0 bridgehead atoms. The van der Waals surface area contributed by atoms with Crippen molar-refractivity contribution in [3.63, 3.8) is 0 Å². The van der Waals surface area contributed by atoms with Gasteiger partial charge in [-0.1, -0.05) is 18.2 Å². The number of nitrogens with one attached hydrogen (secondary N) is 1. The number of carbonyl (C=O) groups excluding carboxylic acids is 1. The molecule has 31 heavy (non-hydrogen) atoms. The van der Waals surface area contributed by atoms with Gasteiger partial charge >= 0.3 is 0 Å². The Morgan fingerprint density at radius 1 is 1.19 bits per heavy atom. The molecule has 2 aromatic carbocycles. The Hall–Kier alpha value is -2.40. The van der Waals surface area contributed by atoms with Crippen LogP contribution < -0.4 is 10.2 Å². The van der Waals surface area contributed by atoms with Crippen LogP contribution in [0, 0.1) is 18.7 Å². The minimum Gasteiger partial charge on any atom is -0.381 e. The van der Waals surface area contributed by atoms with Gasteiger partial charge in [0.25, 0.3) is 0 Å². The molecule has 0 spiro atoms. The lowest BCUT2D eigenvalue weighted by atomic mass is 9.92. The summed E-state index contributed by atoms with van der Waals surface area (Å²) in [6.07, 6.45) is 6.28. The highest BCUT2D eigenvalue weighted by Crippen LogP contribution is 2.34. The van der Waals surface area contributed by atoms with Crippen LogP contribution in [-0.2, 0) is 28.9 Å². The van der Waals surface area contributed by atoms with E-state index in [2.05, 4.69) is 29.3 Å². The standard InChI is InChI=1S/C26H33FN2O2/c1-19-23(17-28-24-9-8-21(5-3-13-30)25(27)16-24)7-6-22-4-2-12-29(26(19)22)18-20-10-14-31-15-11-20/h6-9,13,16,20,28H,2-5,10-12,14-15,17-18H2,1H3. The van der Waals surface area contributed by atoms with Gasteiger partial charge in [-0.15, -0.1) is 0 Å². The minimum absolute atomic E-state index is 0.253. The van der Waals surface area contributed by atoms with Crippen molar-refractivity contribution in [3.05, 3.63) is 58.4 Å². The van der Waals surface area contributed by atoms with Gasteiger partial charge in [0.15, 0.2) is 0 Å². The number of hydrogen-bond acceptors (Lipinski definition) is 4. The molecule has 0 unspecified atom stereocenters. The predicted molar refractivity (Wildman–Crippen MR) is 123 cm³/mol. The maximum atomic E-state index is 14.3. The molecule has 2 heterocycles. The molecule has 0 amide bonds.